The second-order valence-corrected chi connectivity index (χ2v) is 3.13. The third kappa shape index (κ3) is 2.71. The van der Waals surface area contributed by atoms with E-state index < -0.39 is 6.23 Å². The van der Waals surface area contributed by atoms with Gasteiger partial charge in [0.1, 0.15) is 6.23 Å². The lowest BCUT2D eigenvalue weighted by Crippen LogP contribution is -2.46. The summed E-state index contributed by atoms with van der Waals surface area (Å²) in [7, 11) is 0. The third-order valence-electron chi connectivity index (χ3n) is 2.15. The molecule has 12 heavy (non-hydrogen) atoms. The molecule has 0 aromatic heterocycles. The van der Waals surface area contributed by atoms with Crippen molar-refractivity contribution >= 4 is 0 Å². The summed E-state index contributed by atoms with van der Waals surface area (Å²) in [5.41, 5.74) is 0. The number of nitrogens with zero attached hydrogens (tertiary/aromatic N) is 1. The number of ether oxygens (including phenoxy) is 1. The van der Waals surface area contributed by atoms with Crippen LogP contribution in [0.25, 0.3) is 0 Å². The molecule has 1 aliphatic rings. The highest BCUT2D eigenvalue weighted by Crippen LogP contribution is 2.09. The van der Waals surface area contributed by atoms with E-state index in [1.807, 2.05) is 4.90 Å². The number of morpholine rings is 1. The van der Waals surface area contributed by atoms with Gasteiger partial charge in [-0.15, -0.1) is 0 Å². The number of rotatable bonds is 3. The van der Waals surface area contributed by atoms with Crippen molar-refractivity contribution in [3.63, 3.8) is 0 Å². The van der Waals surface area contributed by atoms with Crippen molar-refractivity contribution in [2.45, 2.75) is 25.7 Å². The molecule has 0 aromatic rings. The standard InChI is InChI=1S/C8H17NO3/c1-7(11)9-3-5-12-8(6-9)2-4-10/h7-8,10-11H,2-6H2,1H3. The highest BCUT2D eigenvalue weighted by Gasteiger charge is 2.22. The zero-order chi connectivity index (χ0) is 8.97. The predicted octanol–water partition coefficient (Wildman–Crippen LogP) is -0.592. The average molecular weight is 175 g/mol. The van der Waals surface area contributed by atoms with Crippen LogP contribution in [0.4, 0.5) is 0 Å². The molecule has 0 bridgehead atoms. The van der Waals surface area contributed by atoms with E-state index >= 15 is 0 Å². The quantitative estimate of drug-likeness (QED) is 0.602. The van der Waals surface area contributed by atoms with E-state index in [9.17, 15) is 5.11 Å². The lowest BCUT2D eigenvalue weighted by Gasteiger charge is -2.34. The molecule has 0 saturated carbocycles. The van der Waals surface area contributed by atoms with Crippen LogP contribution in [0.1, 0.15) is 13.3 Å². The van der Waals surface area contributed by atoms with E-state index in [4.69, 9.17) is 9.84 Å². The Morgan fingerprint density at radius 1 is 1.67 bits per heavy atom. The molecule has 2 atom stereocenters. The summed E-state index contributed by atoms with van der Waals surface area (Å²) in [4.78, 5) is 1.95. The Morgan fingerprint density at radius 2 is 2.42 bits per heavy atom. The highest BCUT2D eigenvalue weighted by molar-refractivity contribution is 4.71. The Hall–Kier alpha value is -0.160. The fraction of sp³-hybridized carbons (Fsp3) is 1.00. The summed E-state index contributed by atoms with van der Waals surface area (Å²) in [6, 6.07) is 0. The van der Waals surface area contributed by atoms with Crippen LogP contribution in [-0.4, -0.2) is 53.7 Å². The van der Waals surface area contributed by atoms with E-state index in [0.717, 1.165) is 13.1 Å². The zero-order valence-electron chi connectivity index (χ0n) is 7.44. The molecule has 2 unspecified atom stereocenters. The van der Waals surface area contributed by atoms with Crippen molar-refractivity contribution in [3.05, 3.63) is 0 Å². The molecule has 72 valence electrons. The Labute approximate surface area is 72.7 Å². The summed E-state index contributed by atoms with van der Waals surface area (Å²) in [6.45, 7) is 4.05. The lowest BCUT2D eigenvalue weighted by atomic mass is 10.2. The van der Waals surface area contributed by atoms with Gasteiger partial charge in [-0.25, -0.2) is 0 Å². The van der Waals surface area contributed by atoms with Gasteiger partial charge in [-0.05, 0) is 13.3 Å². The van der Waals surface area contributed by atoms with Crippen LogP contribution in [-0.2, 0) is 4.74 Å². The van der Waals surface area contributed by atoms with Crippen molar-refractivity contribution in [3.8, 4) is 0 Å². The Balaban J connectivity index is 2.30. The van der Waals surface area contributed by atoms with E-state index in [1.165, 1.54) is 0 Å². The molecule has 4 nitrogen and oxygen atoms in total. The molecule has 0 amide bonds. The SMILES string of the molecule is CC(O)N1CCOC(CCO)C1. The maximum absolute atomic E-state index is 9.27. The summed E-state index contributed by atoms with van der Waals surface area (Å²) >= 11 is 0. The number of aliphatic hydroxyl groups excluding tert-OH is 2. The van der Waals surface area contributed by atoms with E-state index in [2.05, 4.69) is 0 Å². The summed E-state index contributed by atoms with van der Waals surface area (Å²) in [5.74, 6) is 0. The summed E-state index contributed by atoms with van der Waals surface area (Å²) < 4.78 is 5.39. The van der Waals surface area contributed by atoms with Crippen LogP contribution < -0.4 is 0 Å². The lowest BCUT2D eigenvalue weighted by molar-refractivity contribution is -0.0915. The molecule has 1 rings (SSSR count). The summed E-state index contributed by atoms with van der Waals surface area (Å²) in [6.07, 6.45) is 0.330. The van der Waals surface area contributed by atoms with Crippen LogP contribution in [0, 0.1) is 0 Å². The zero-order valence-corrected chi connectivity index (χ0v) is 7.44. The first-order valence-electron chi connectivity index (χ1n) is 4.38. The molecule has 0 aliphatic carbocycles. The molecule has 0 radical (unpaired) electrons. The average Bonchev–Trinajstić information content (AvgIpc) is 2.05. The van der Waals surface area contributed by atoms with Gasteiger partial charge in [-0.2, -0.15) is 0 Å². The first kappa shape index (κ1) is 9.92. The number of hydrogen-bond acceptors (Lipinski definition) is 4. The van der Waals surface area contributed by atoms with Crippen LogP contribution in [0.2, 0.25) is 0 Å². The van der Waals surface area contributed by atoms with Gasteiger partial charge >= 0.3 is 0 Å². The number of aliphatic hydroxyl groups is 2. The molecular weight excluding hydrogens is 158 g/mol. The highest BCUT2D eigenvalue weighted by atomic mass is 16.5. The molecular formula is C8H17NO3. The Bertz CT molecular complexity index is 127. The monoisotopic (exact) mass is 175 g/mol. The van der Waals surface area contributed by atoms with Crippen molar-refractivity contribution < 1.29 is 14.9 Å². The molecule has 1 saturated heterocycles. The first-order chi connectivity index (χ1) is 5.74. The van der Waals surface area contributed by atoms with Crippen molar-refractivity contribution in [2.75, 3.05) is 26.3 Å². The van der Waals surface area contributed by atoms with E-state index in [-0.39, 0.29) is 12.7 Å². The minimum absolute atomic E-state index is 0.0818. The number of hydrogen-bond donors (Lipinski definition) is 2. The van der Waals surface area contributed by atoms with E-state index in [1.54, 1.807) is 6.92 Å². The largest absolute Gasteiger partial charge is 0.396 e. The van der Waals surface area contributed by atoms with Crippen molar-refractivity contribution in [2.24, 2.45) is 0 Å². The van der Waals surface area contributed by atoms with Gasteiger partial charge in [0, 0.05) is 19.7 Å². The maximum atomic E-state index is 9.27. The molecule has 1 aliphatic heterocycles. The minimum atomic E-state index is -0.407. The van der Waals surface area contributed by atoms with Gasteiger partial charge in [-0.3, -0.25) is 4.90 Å². The molecule has 0 aromatic carbocycles. The third-order valence-corrected chi connectivity index (χ3v) is 2.15. The Morgan fingerprint density at radius 3 is 3.00 bits per heavy atom. The topological polar surface area (TPSA) is 52.9 Å². The van der Waals surface area contributed by atoms with Gasteiger partial charge in [0.15, 0.2) is 0 Å². The van der Waals surface area contributed by atoms with Crippen LogP contribution in [0.3, 0.4) is 0 Å². The van der Waals surface area contributed by atoms with E-state index in [0.29, 0.717) is 13.0 Å². The molecule has 4 heteroatoms. The second-order valence-electron chi connectivity index (χ2n) is 3.13. The van der Waals surface area contributed by atoms with Crippen LogP contribution in [0.5, 0.6) is 0 Å². The van der Waals surface area contributed by atoms with Gasteiger partial charge in [0.05, 0.1) is 12.7 Å². The Kier molecular flexibility index (Phi) is 3.94. The van der Waals surface area contributed by atoms with Gasteiger partial charge in [0.2, 0.25) is 0 Å². The smallest absolute Gasteiger partial charge is 0.104 e. The van der Waals surface area contributed by atoms with Crippen LogP contribution >= 0.6 is 0 Å². The predicted molar refractivity (Wildman–Crippen MR) is 44.7 cm³/mol. The minimum Gasteiger partial charge on any atom is -0.396 e. The molecule has 2 N–H and O–H groups in total. The van der Waals surface area contributed by atoms with Crippen molar-refractivity contribution in [1.82, 2.24) is 4.90 Å². The van der Waals surface area contributed by atoms with Crippen molar-refractivity contribution in [1.29, 1.82) is 0 Å². The molecule has 1 fully saturated rings. The molecule has 0 spiro atoms. The normalized spacial score (nSPS) is 28.8. The van der Waals surface area contributed by atoms with Gasteiger partial charge < -0.3 is 14.9 Å². The van der Waals surface area contributed by atoms with Crippen LogP contribution in [0.15, 0.2) is 0 Å². The van der Waals surface area contributed by atoms with Gasteiger partial charge in [0.25, 0.3) is 0 Å². The maximum Gasteiger partial charge on any atom is 0.104 e. The molecule has 1 heterocycles. The fourth-order valence-corrected chi connectivity index (χ4v) is 1.40. The fourth-order valence-electron chi connectivity index (χ4n) is 1.40. The first-order valence-corrected chi connectivity index (χ1v) is 4.38. The second kappa shape index (κ2) is 4.77. The van der Waals surface area contributed by atoms with Gasteiger partial charge in [-0.1, -0.05) is 0 Å². The summed E-state index contributed by atoms with van der Waals surface area (Å²) in [5, 5.41) is 18.0.